The van der Waals surface area contributed by atoms with Gasteiger partial charge >= 0.3 is 0 Å². The highest BCUT2D eigenvalue weighted by Gasteiger charge is 2.24. The van der Waals surface area contributed by atoms with Crippen LogP contribution in [0.4, 0.5) is 0 Å². The molecule has 4 rings (SSSR count). The second-order valence-electron chi connectivity index (χ2n) is 8.27. The zero-order valence-corrected chi connectivity index (χ0v) is 19.5. The van der Waals surface area contributed by atoms with E-state index in [-0.39, 0.29) is 12.0 Å². The summed E-state index contributed by atoms with van der Waals surface area (Å²) in [5, 5.41) is 13.7. The number of sulfonamides is 1. The zero-order chi connectivity index (χ0) is 23.6. The van der Waals surface area contributed by atoms with Gasteiger partial charge in [-0.3, -0.25) is 0 Å². The molecule has 170 valence electrons. The fourth-order valence-corrected chi connectivity index (χ4v) is 4.36. The quantitative estimate of drug-likeness (QED) is 0.492. The summed E-state index contributed by atoms with van der Waals surface area (Å²) in [5.74, 6) is 1.18. The number of ether oxygens (including phenoxy) is 1. The Kier molecular flexibility index (Phi) is 6.29. The Bertz CT molecular complexity index is 1350. The van der Waals surface area contributed by atoms with Crippen molar-refractivity contribution in [1.82, 2.24) is 10.1 Å². The minimum Gasteiger partial charge on any atom is -0.490 e. The van der Waals surface area contributed by atoms with Crippen LogP contribution in [-0.2, 0) is 16.4 Å². The van der Waals surface area contributed by atoms with Crippen molar-refractivity contribution in [2.45, 2.75) is 45.1 Å². The van der Waals surface area contributed by atoms with Gasteiger partial charge in [0.05, 0.1) is 17.9 Å². The van der Waals surface area contributed by atoms with E-state index in [9.17, 15) is 13.7 Å². The number of hydrogen-bond acceptors (Lipinski definition) is 7. The molecule has 0 spiro atoms. The van der Waals surface area contributed by atoms with Crippen molar-refractivity contribution in [2.24, 2.45) is 4.40 Å². The fourth-order valence-electron chi connectivity index (χ4n) is 3.99. The normalized spacial score (nSPS) is 16.0. The molecule has 0 fully saturated rings. The van der Waals surface area contributed by atoms with Gasteiger partial charge in [-0.25, -0.2) is 8.42 Å². The second-order valence-corrected chi connectivity index (χ2v) is 9.95. The molecule has 3 aromatic rings. The van der Waals surface area contributed by atoms with E-state index < -0.39 is 10.0 Å². The maximum atomic E-state index is 11.5. The van der Waals surface area contributed by atoms with E-state index in [1.807, 2.05) is 32.0 Å². The smallest absolute Gasteiger partial charge is 0.258 e. The highest BCUT2D eigenvalue weighted by molar-refractivity contribution is 7.89. The molecule has 0 amide bonds. The predicted octanol–water partition coefficient (Wildman–Crippen LogP) is 4.51. The van der Waals surface area contributed by atoms with Crippen LogP contribution < -0.4 is 4.74 Å². The first-order chi connectivity index (χ1) is 15.7. The summed E-state index contributed by atoms with van der Waals surface area (Å²) in [6.45, 7) is 3.80. The van der Waals surface area contributed by atoms with E-state index in [1.165, 1.54) is 6.21 Å². The van der Waals surface area contributed by atoms with E-state index in [4.69, 9.17) is 9.26 Å². The highest BCUT2D eigenvalue weighted by atomic mass is 32.2. The molecule has 1 aliphatic carbocycles. The SMILES string of the molecule is CC(C)Oc1ccc(-c2nc(-c3cccc4c3CCCC4/C=N/S(C)(=O)=O)no2)cc1C#N. The van der Waals surface area contributed by atoms with Crippen molar-refractivity contribution in [3.05, 3.63) is 53.1 Å². The van der Waals surface area contributed by atoms with E-state index in [0.717, 1.165) is 42.2 Å². The molecular weight excluding hydrogens is 440 g/mol. The molecule has 1 aliphatic rings. The maximum absolute atomic E-state index is 11.5. The van der Waals surface area contributed by atoms with Crippen molar-refractivity contribution < 1.29 is 17.7 Å². The van der Waals surface area contributed by atoms with Gasteiger partial charge in [0.15, 0.2) is 0 Å². The number of nitriles is 1. The number of hydrogen-bond donors (Lipinski definition) is 0. The number of nitrogens with zero attached hydrogens (tertiary/aromatic N) is 4. The molecule has 0 bridgehead atoms. The molecule has 0 saturated heterocycles. The lowest BCUT2D eigenvalue weighted by Gasteiger charge is -2.24. The standard InChI is InChI=1S/C24H24N4O4S/c1-15(2)31-22-11-10-16(12-18(22)13-25)24-27-23(28-32-24)21-9-5-7-19-17(6-4-8-20(19)21)14-26-33(3,29)30/h5,7,9-12,14-15,17H,4,6,8H2,1-3H3/b26-14+. The van der Waals surface area contributed by atoms with E-state index in [1.54, 1.807) is 18.2 Å². The average molecular weight is 465 g/mol. The molecule has 1 unspecified atom stereocenters. The van der Waals surface area contributed by atoms with Crippen LogP contribution in [0.3, 0.4) is 0 Å². The lowest BCUT2D eigenvalue weighted by atomic mass is 9.81. The molecule has 0 aliphatic heterocycles. The molecule has 0 saturated carbocycles. The highest BCUT2D eigenvalue weighted by Crippen LogP contribution is 2.36. The first kappa shape index (κ1) is 22.7. The summed E-state index contributed by atoms with van der Waals surface area (Å²) in [4.78, 5) is 4.58. The van der Waals surface area contributed by atoms with Gasteiger partial charge in [-0.1, -0.05) is 23.4 Å². The summed E-state index contributed by atoms with van der Waals surface area (Å²) in [7, 11) is -3.43. The Morgan fingerprint density at radius 2 is 2.12 bits per heavy atom. The van der Waals surface area contributed by atoms with Crippen molar-refractivity contribution in [2.75, 3.05) is 6.26 Å². The Morgan fingerprint density at radius 1 is 1.30 bits per heavy atom. The molecule has 0 N–H and O–H groups in total. The molecule has 33 heavy (non-hydrogen) atoms. The van der Waals surface area contributed by atoms with E-state index >= 15 is 0 Å². The summed E-state index contributed by atoms with van der Waals surface area (Å²) in [6, 6.07) is 13.2. The first-order valence-electron chi connectivity index (χ1n) is 10.7. The summed E-state index contributed by atoms with van der Waals surface area (Å²) < 4.78 is 37.9. The van der Waals surface area contributed by atoms with Gasteiger partial charge in [0, 0.05) is 23.3 Å². The van der Waals surface area contributed by atoms with Gasteiger partial charge in [0.25, 0.3) is 5.89 Å². The molecule has 1 heterocycles. The number of fused-ring (bicyclic) bond motifs is 1. The summed E-state index contributed by atoms with van der Waals surface area (Å²) >= 11 is 0. The second kappa shape index (κ2) is 9.16. The minimum atomic E-state index is -3.43. The monoisotopic (exact) mass is 464 g/mol. The molecule has 8 nitrogen and oxygen atoms in total. The largest absolute Gasteiger partial charge is 0.490 e. The lowest BCUT2D eigenvalue weighted by Crippen LogP contribution is -2.13. The first-order valence-corrected chi connectivity index (χ1v) is 12.5. The Balaban J connectivity index is 1.68. The third-order valence-corrected chi connectivity index (χ3v) is 5.87. The van der Waals surface area contributed by atoms with E-state index in [2.05, 4.69) is 20.6 Å². The van der Waals surface area contributed by atoms with Crippen molar-refractivity contribution in [3.63, 3.8) is 0 Å². The maximum Gasteiger partial charge on any atom is 0.258 e. The van der Waals surface area contributed by atoms with Gasteiger partial charge in [0.2, 0.25) is 15.8 Å². The Morgan fingerprint density at radius 3 is 2.85 bits per heavy atom. The molecular formula is C24H24N4O4S. The third kappa shape index (κ3) is 5.12. The zero-order valence-electron chi connectivity index (χ0n) is 18.6. The van der Waals surface area contributed by atoms with Gasteiger partial charge < -0.3 is 9.26 Å². The number of aromatic nitrogens is 2. The van der Waals surface area contributed by atoms with Crippen LogP contribution in [0.25, 0.3) is 22.8 Å². The average Bonchev–Trinajstić information content (AvgIpc) is 3.26. The van der Waals surface area contributed by atoms with Gasteiger partial charge in [-0.05, 0) is 62.4 Å². The van der Waals surface area contributed by atoms with Crippen molar-refractivity contribution in [1.29, 1.82) is 5.26 Å². The molecule has 1 atom stereocenters. The van der Waals surface area contributed by atoms with Crippen molar-refractivity contribution in [3.8, 4) is 34.7 Å². The predicted molar refractivity (Wildman–Crippen MR) is 125 cm³/mol. The summed E-state index contributed by atoms with van der Waals surface area (Å²) in [6.07, 6.45) is 5.12. The van der Waals surface area contributed by atoms with Crippen LogP contribution in [0, 0.1) is 11.3 Å². The Hall–Kier alpha value is -3.51. The molecule has 0 radical (unpaired) electrons. The topological polar surface area (TPSA) is 118 Å². The van der Waals surface area contributed by atoms with Crippen LogP contribution in [0.15, 0.2) is 45.3 Å². The van der Waals surface area contributed by atoms with Crippen LogP contribution in [0.2, 0.25) is 0 Å². The van der Waals surface area contributed by atoms with Crippen LogP contribution in [0.1, 0.15) is 49.3 Å². The molecule has 2 aromatic carbocycles. The van der Waals surface area contributed by atoms with Gasteiger partial charge in [0.1, 0.15) is 11.8 Å². The lowest BCUT2D eigenvalue weighted by molar-refractivity contribution is 0.241. The van der Waals surface area contributed by atoms with E-state index in [0.29, 0.717) is 28.6 Å². The van der Waals surface area contributed by atoms with Crippen LogP contribution in [-0.4, -0.2) is 37.1 Å². The third-order valence-electron chi connectivity index (χ3n) is 5.36. The number of rotatable bonds is 6. The van der Waals surface area contributed by atoms with Gasteiger partial charge in [-0.15, -0.1) is 0 Å². The number of benzene rings is 2. The van der Waals surface area contributed by atoms with Crippen molar-refractivity contribution >= 4 is 16.2 Å². The molecule has 1 aromatic heterocycles. The van der Waals surface area contributed by atoms with Crippen LogP contribution in [0.5, 0.6) is 5.75 Å². The Labute approximate surface area is 193 Å². The minimum absolute atomic E-state index is 0.0477. The van der Waals surface area contributed by atoms with Crippen LogP contribution >= 0.6 is 0 Å². The van der Waals surface area contributed by atoms with Gasteiger partial charge in [-0.2, -0.15) is 14.6 Å². The summed E-state index contributed by atoms with van der Waals surface area (Å²) in [5.41, 5.74) is 3.97. The molecule has 9 heteroatoms. The fraction of sp³-hybridized carbons (Fsp3) is 0.333.